The minimum atomic E-state index is 0.0233. The molecule has 0 unspecified atom stereocenters. The Hall–Kier alpha value is -1.91. The zero-order chi connectivity index (χ0) is 11.0. The summed E-state index contributed by atoms with van der Waals surface area (Å²) in [5.74, 6) is 0.557. The molecule has 0 aliphatic heterocycles. The van der Waals surface area contributed by atoms with Crippen LogP contribution < -0.4 is 5.56 Å². The lowest BCUT2D eigenvalue weighted by atomic mass is 9.98. The first-order chi connectivity index (χ1) is 7.86. The maximum Gasteiger partial charge on any atom is 0.276 e. The molecule has 2 aromatic heterocycles. The van der Waals surface area contributed by atoms with Gasteiger partial charge in [0.15, 0.2) is 5.82 Å². The van der Waals surface area contributed by atoms with Crippen molar-refractivity contribution in [3.8, 4) is 5.82 Å². The Balaban J connectivity index is 2.16. The van der Waals surface area contributed by atoms with Crippen molar-refractivity contribution in [3.63, 3.8) is 0 Å². The minimum absolute atomic E-state index is 0.0233. The molecule has 0 aromatic carbocycles. The van der Waals surface area contributed by atoms with E-state index in [1.165, 1.54) is 4.68 Å². The predicted octanol–water partition coefficient (Wildman–Crippen LogP) is 0.834. The maximum atomic E-state index is 12.1. The molecule has 0 radical (unpaired) electrons. The van der Waals surface area contributed by atoms with Gasteiger partial charge in [-0.1, -0.05) is 0 Å². The van der Waals surface area contributed by atoms with E-state index in [0.717, 1.165) is 36.9 Å². The molecule has 0 saturated carbocycles. The summed E-state index contributed by atoms with van der Waals surface area (Å²) < 4.78 is 1.49. The second kappa shape index (κ2) is 3.59. The third-order valence-electron chi connectivity index (χ3n) is 2.96. The van der Waals surface area contributed by atoms with Crippen molar-refractivity contribution >= 4 is 0 Å². The molecule has 0 amide bonds. The third-order valence-corrected chi connectivity index (χ3v) is 2.96. The summed E-state index contributed by atoms with van der Waals surface area (Å²) in [5, 5.41) is 10.8. The van der Waals surface area contributed by atoms with E-state index in [2.05, 4.69) is 15.3 Å². The molecule has 0 saturated heterocycles. The van der Waals surface area contributed by atoms with E-state index in [4.69, 9.17) is 0 Å². The SMILES string of the molecule is O=c1c2c([nH]n1-c1cccnn1)CCCC2. The summed E-state index contributed by atoms with van der Waals surface area (Å²) in [6.07, 6.45) is 5.67. The van der Waals surface area contributed by atoms with Crippen LogP contribution in [0.15, 0.2) is 23.1 Å². The van der Waals surface area contributed by atoms with Crippen LogP contribution in [0, 0.1) is 0 Å². The van der Waals surface area contributed by atoms with Gasteiger partial charge in [-0.15, -0.1) is 5.10 Å². The lowest BCUT2D eigenvalue weighted by Crippen LogP contribution is -2.19. The summed E-state index contributed by atoms with van der Waals surface area (Å²) in [5.41, 5.74) is 1.99. The average Bonchev–Trinajstić information content (AvgIpc) is 2.69. The summed E-state index contributed by atoms with van der Waals surface area (Å²) in [7, 11) is 0. The van der Waals surface area contributed by atoms with Crippen LogP contribution in [-0.4, -0.2) is 20.0 Å². The van der Waals surface area contributed by atoms with Crippen LogP contribution >= 0.6 is 0 Å². The van der Waals surface area contributed by atoms with Crippen LogP contribution in [0.4, 0.5) is 0 Å². The lowest BCUT2D eigenvalue weighted by molar-refractivity contribution is 0.669. The Morgan fingerprint density at radius 1 is 1.31 bits per heavy atom. The average molecular weight is 216 g/mol. The van der Waals surface area contributed by atoms with Crippen LogP contribution in [0.2, 0.25) is 0 Å². The van der Waals surface area contributed by atoms with E-state index in [1.54, 1.807) is 18.3 Å². The van der Waals surface area contributed by atoms with Gasteiger partial charge >= 0.3 is 0 Å². The van der Waals surface area contributed by atoms with E-state index in [9.17, 15) is 4.79 Å². The van der Waals surface area contributed by atoms with E-state index >= 15 is 0 Å². The summed E-state index contributed by atoms with van der Waals surface area (Å²) >= 11 is 0. The highest BCUT2D eigenvalue weighted by atomic mass is 16.1. The molecule has 1 aliphatic rings. The molecule has 82 valence electrons. The molecule has 2 aromatic rings. The molecule has 0 atom stereocenters. The number of hydrogen-bond donors (Lipinski definition) is 1. The maximum absolute atomic E-state index is 12.1. The van der Waals surface area contributed by atoms with Gasteiger partial charge in [-0.25, -0.2) is 0 Å². The van der Waals surface area contributed by atoms with E-state index in [0.29, 0.717) is 5.82 Å². The molecule has 2 heterocycles. The molecule has 5 heteroatoms. The van der Waals surface area contributed by atoms with Gasteiger partial charge < -0.3 is 0 Å². The molecular weight excluding hydrogens is 204 g/mol. The summed E-state index contributed by atoms with van der Waals surface area (Å²) in [6, 6.07) is 3.55. The Morgan fingerprint density at radius 2 is 2.19 bits per heavy atom. The van der Waals surface area contributed by atoms with Gasteiger partial charge in [0, 0.05) is 17.5 Å². The molecule has 1 N–H and O–H groups in total. The van der Waals surface area contributed by atoms with Crippen molar-refractivity contribution in [3.05, 3.63) is 39.9 Å². The largest absolute Gasteiger partial charge is 0.293 e. The second-order valence-electron chi connectivity index (χ2n) is 4.00. The standard InChI is InChI=1S/C11H12N4O/c16-11-8-4-1-2-5-9(8)14-15(11)10-6-3-7-12-13-10/h3,6-7,14H,1-2,4-5H2. The van der Waals surface area contributed by atoms with Crippen molar-refractivity contribution in [1.29, 1.82) is 0 Å². The number of aromatic amines is 1. The zero-order valence-corrected chi connectivity index (χ0v) is 8.81. The summed E-state index contributed by atoms with van der Waals surface area (Å²) in [6.45, 7) is 0. The van der Waals surface area contributed by atoms with Crippen molar-refractivity contribution in [1.82, 2.24) is 20.0 Å². The number of fused-ring (bicyclic) bond motifs is 1. The van der Waals surface area contributed by atoms with Crippen molar-refractivity contribution in [2.45, 2.75) is 25.7 Å². The first-order valence-corrected chi connectivity index (χ1v) is 5.47. The van der Waals surface area contributed by atoms with E-state index in [1.807, 2.05) is 0 Å². The van der Waals surface area contributed by atoms with Crippen LogP contribution in [0.25, 0.3) is 5.82 Å². The highest BCUT2D eigenvalue weighted by molar-refractivity contribution is 5.26. The molecule has 0 spiro atoms. The van der Waals surface area contributed by atoms with Gasteiger partial charge in [0.1, 0.15) is 0 Å². The fourth-order valence-corrected chi connectivity index (χ4v) is 2.16. The molecular formula is C11H12N4O. The van der Waals surface area contributed by atoms with Gasteiger partial charge in [-0.05, 0) is 37.8 Å². The number of hydrogen-bond acceptors (Lipinski definition) is 3. The molecule has 0 bridgehead atoms. The molecule has 16 heavy (non-hydrogen) atoms. The Labute approximate surface area is 92.1 Å². The highest BCUT2D eigenvalue weighted by Gasteiger charge is 2.18. The van der Waals surface area contributed by atoms with E-state index < -0.39 is 0 Å². The number of aromatic nitrogens is 4. The van der Waals surface area contributed by atoms with Crippen molar-refractivity contribution < 1.29 is 0 Å². The number of nitrogens with zero attached hydrogens (tertiary/aromatic N) is 3. The lowest BCUT2D eigenvalue weighted by Gasteiger charge is -2.07. The normalized spacial score (nSPS) is 14.8. The van der Waals surface area contributed by atoms with Gasteiger partial charge in [-0.2, -0.15) is 9.78 Å². The van der Waals surface area contributed by atoms with Gasteiger partial charge in [0.05, 0.1) is 0 Å². The Bertz CT molecular complexity index is 555. The van der Waals surface area contributed by atoms with Crippen LogP contribution in [0.3, 0.4) is 0 Å². The smallest absolute Gasteiger partial charge is 0.276 e. The van der Waals surface area contributed by atoms with E-state index in [-0.39, 0.29) is 5.56 Å². The third kappa shape index (κ3) is 1.36. The number of H-pyrrole nitrogens is 1. The van der Waals surface area contributed by atoms with Crippen LogP contribution in [0.1, 0.15) is 24.1 Å². The fraction of sp³-hybridized carbons (Fsp3) is 0.364. The van der Waals surface area contributed by atoms with Gasteiger partial charge in [-0.3, -0.25) is 9.89 Å². The first kappa shape index (κ1) is 9.33. The minimum Gasteiger partial charge on any atom is -0.293 e. The van der Waals surface area contributed by atoms with Gasteiger partial charge in [0.2, 0.25) is 0 Å². The topological polar surface area (TPSA) is 63.6 Å². The monoisotopic (exact) mass is 216 g/mol. The quantitative estimate of drug-likeness (QED) is 0.768. The summed E-state index contributed by atoms with van der Waals surface area (Å²) in [4.78, 5) is 12.1. The molecule has 1 aliphatic carbocycles. The Kier molecular flexibility index (Phi) is 2.09. The second-order valence-corrected chi connectivity index (χ2v) is 4.00. The number of rotatable bonds is 1. The van der Waals surface area contributed by atoms with Crippen LogP contribution in [0.5, 0.6) is 0 Å². The molecule has 5 nitrogen and oxygen atoms in total. The zero-order valence-electron chi connectivity index (χ0n) is 8.81. The van der Waals surface area contributed by atoms with Crippen molar-refractivity contribution in [2.24, 2.45) is 0 Å². The molecule has 0 fully saturated rings. The number of nitrogens with one attached hydrogen (secondary N) is 1. The number of aryl methyl sites for hydroxylation is 1. The predicted molar refractivity (Wildman–Crippen MR) is 58.6 cm³/mol. The fourth-order valence-electron chi connectivity index (χ4n) is 2.16. The van der Waals surface area contributed by atoms with Gasteiger partial charge in [0.25, 0.3) is 5.56 Å². The highest BCUT2D eigenvalue weighted by Crippen LogP contribution is 2.16. The first-order valence-electron chi connectivity index (χ1n) is 5.47. The van der Waals surface area contributed by atoms with Crippen molar-refractivity contribution in [2.75, 3.05) is 0 Å². The Morgan fingerprint density at radius 3 is 2.94 bits per heavy atom. The van der Waals surface area contributed by atoms with Crippen LogP contribution in [-0.2, 0) is 12.8 Å². The molecule has 3 rings (SSSR count).